The number of hydrogen-bond acceptors (Lipinski definition) is 4. The van der Waals surface area contributed by atoms with Crippen molar-refractivity contribution in [1.29, 1.82) is 0 Å². The van der Waals surface area contributed by atoms with Crippen LogP contribution in [0.4, 0.5) is 0 Å². The van der Waals surface area contributed by atoms with Crippen molar-refractivity contribution in [3.63, 3.8) is 0 Å². The maximum atomic E-state index is 12.0. The minimum Gasteiger partial charge on any atom is -0.481 e. The molecule has 1 rings (SSSR count). The van der Waals surface area contributed by atoms with E-state index in [9.17, 15) is 9.59 Å². The van der Waals surface area contributed by atoms with Crippen molar-refractivity contribution >= 4 is 11.9 Å². The van der Waals surface area contributed by atoms with Gasteiger partial charge < -0.3 is 20.9 Å². The third-order valence-corrected chi connectivity index (χ3v) is 3.48. The molecule has 18 heavy (non-hydrogen) atoms. The van der Waals surface area contributed by atoms with Gasteiger partial charge in [0.25, 0.3) is 5.91 Å². The van der Waals surface area contributed by atoms with Gasteiger partial charge in [0, 0.05) is 13.7 Å². The van der Waals surface area contributed by atoms with E-state index in [2.05, 4.69) is 5.32 Å². The molecule has 0 aromatic rings. The molecule has 0 radical (unpaired) electrons. The van der Waals surface area contributed by atoms with Crippen LogP contribution in [0, 0.1) is 0 Å². The van der Waals surface area contributed by atoms with Gasteiger partial charge in [-0.25, -0.2) is 0 Å². The number of nitrogens with two attached hydrogens (primary N) is 1. The minimum absolute atomic E-state index is 0.0419. The molecule has 4 N–H and O–H groups in total. The third kappa shape index (κ3) is 3.96. The maximum absolute atomic E-state index is 12.0. The number of ether oxygens (including phenoxy) is 1. The molecule has 0 heterocycles. The Hall–Kier alpha value is -1.14. The van der Waals surface area contributed by atoms with E-state index in [1.807, 2.05) is 0 Å². The summed E-state index contributed by atoms with van der Waals surface area (Å²) in [6.07, 6.45) is 3.61. The SMILES string of the molecule is COC(CN)C(=O)NC1(CC(=O)O)CCCCC1. The summed E-state index contributed by atoms with van der Waals surface area (Å²) in [7, 11) is 1.42. The lowest BCUT2D eigenvalue weighted by atomic mass is 9.79. The molecular weight excluding hydrogens is 236 g/mol. The summed E-state index contributed by atoms with van der Waals surface area (Å²) in [6.45, 7) is 0.0888. The number of aliphatic carboxylic acids is 1. The predicted octanol–water partition coefficient (Wildman–Crippen LogP) is 0.254. The largest absolute Gasteiger partial charge is 0.481 e. The van der Waals surface area contributed by atoms with Gasteiger partial charge in [0.05, 0.1) is 12.0 Å². The summed E-state index contributed by atoms with van der Waals surface area (Å²) >= 11 is 0. The molecule has 1 saturated carbocycles. The first kappa shape index (κ1) is 14.9. The lowest BCUT2D eigenvalue weighted by Crippen LogP contribution is -2.55. The smallest absolute Gasteiger partial charge is 0.305 e. The quantitative estimate of drug-likeness (QED) is 0.634. The lowest BCUT2D eigenvalue weighted by molar-refractivity contribution is -0.140. The summed E-state index contributed by atoms with van der Waals surface area (Å²) < 4.78 is 4.97. The van der Waals surface area contributed by atoms with Crippen LogP contribution in [-0.4, -0.2) is 42.3 Å². The van der Waals surface area contributed by atoms with Gasteiger partial charge in [-0.05, 0) is 12.8 Å². The molecule has 0 aliphatic heterocycles. The van der Waals surface area contributed by atoms with Crippen LogP contribution in [0.25, 0.3) is 0 Å². The highest BCUT2D eigenvalue weighted by atomic mass is 16.5. The molecule has 6 nitrogen and oxygen atoms in total. The average molecular weight is 258 g/mol. The topological polar surface area (TPSA) is 102 Å². The second-order valence-corrected chi connectivity index (χ2v) is 4.86. The second kappa shape index (κ2) is 6.70. The minimum atomic E-state index is -0.890. The number of carbonyl (C=O) groups is 2. The number of carboxylic acids is 1. The van der Waals surface area contributed by atoms with Gasteiger partial charge in [0.2, 0.25) is 0 Å². The Morgan fingerprint density at radius 2 is 2.00 bits per heavy atom. The van der Waals surface area contributed by atoms with Crippen LogP contribution in [0.3, 0.4) is 0 Å². The maximum Gasteiger partial charge on any atom is 0.305 e. The number of hydrogen-bond donors (Lipinski definition) is 3. The molecule has 6 heteroatoms. The lowest BCUT2D eigenvalue weighted by Gasteiger charge is -2.37. The fourth-order valence-corrected chi connectivity index (χ4v) is 2.52. The number of rotatable bonds is 6. The number of methoxy groups -OCH3 is 1. The molecular formula is C12H22N2O4. The van der Waals surface area contributed by atoms with E-state index >= 15 is 0 Å². The molecule has 104 valence electrons. The third-order valence-electron chi connectivity index (χ3n) is 3.48. The monoisotopic (exact) mass is 258 g/mol. The first-order chi connectivity index (χ1) is 8.53. The molecule has 1 aliphatic rings. The molecule has 1 aliphatic carbocycles. The fraction of sp³-hybridized carbons (Fsp3) is 0.833. The fourth-order valence-electron chi connectivity index (χ4n) is 2.52. The van der Waals surface area contributed by atoms with Crippen LogP contribution in [0.5, 0.6) is 0 Å². The highest BCUT2D eigenvalue weighted by Crippen LogP contribution is 2.31. The van der Waals surface area contributed by atoms with Gasteiger partial charge in [0.15, 0.2) is 0 Å². The van der Waals surface area contributed by atoms with Crippen molar-refractivity contribution in [3.05, 3.63) is 0 Å². The molecule has 1 atom stereocenters. The number of carboxylic acid groups (broad SMARTS) is 1. The number of amides is 1. The average Bonchev–Trinajstić information content (AvgIpc) is 2.30. The van der Waals surface area contributed by atoms with Gasteiger partial charge in [-0.15, -0.1) is 0 Å². The van der Waals surface area contributed by atoms with Crippen molar-refractivity contribution in [2.75, 3.05) is 13.7 Å². The van der Waals surface area contributed by atoms with Crippen LogP contribution in [0.1, 0.15) is 38.5 Å². The van der Waals surface area contributed by atoms with E-state index in [1.165, 1.54) is 7.11 Å². The van der Waals surface area contributed by atoms with E-state index in [-0.39, 0.29) is 18.9 Å². The van der Waals surface area contributed by atoms with Crippen LogP contribution in [-0.2, 0) is 14.3 Å². The number of carbonyl (C=O) groups excluding carboxylic acids is 1. The first-order valence-electron chi connectivity index (χ1n) is 6.30. The van der Waals surface area contributed by atoms with Crippen molar-refractivity contribution in [2.45, 2.75) is 50.2 Å². The van der Waals surface area contributed by atoms with Crippen molar-refractivity contribution in [1.82, 2.24) is 5.32 Å². The normalized spacial score (nSPS) is 20.1. The van der Waals surface area contributed by atoms with Crippen LogP contribution in [0.15, 0.2) is 0 Å². The summed E-state index contributed by atoms with van der Waals surface area (Å²) in [5.74, 6) is -1.21. The molecule has 0 bridgehead atoms. The van der Waals surface area contributed by atoms with E-state index in [4.69, 9.17) is 15.6 Å². The zero-order valence-electron chi connectivity index (χ0n) is 10.8. The molecule has 1 unspecified atom stereocenters. The Labute approximate surface area is 107 Å². The molecule has 0 saturated heterocycles. The number of nitrogens with one attached hydrogen (secondary N) is 1. The van der Waals surface area contributed by atoms with Crippen LogP contribution in [0.2, 0.25) is 0 Å². The standard InChI is InChI=1S/C12H22N2O4/c1-18-9(8-13)11(17)14-12(7-10(15)16)5-3-2-4-6-12/h9H,2-8,13H2,1H3,(H,14,17)(H,15,16). The van der Waals surface area contributed by atoms with E-state index < -0.39 is 17.6 Å². The molecule has 0 spiro atoms. The van der Waals surface area contributed by atoms with Crippen molar-refractivity contribution in [3.8, 4) is 0 Å². The van der Waals surface area contributed by atoms with Crippen LogP contribution >= 0.6 is 0 Å². The molecule has 0 aromatic carbocycles. The van der Waals surface area contributed by atoms with Gasteiger partial charge in [-0.3, -0.25) is 9.59 Å². The van der Waals surface area contributed by atoms with Gasteiger partial charge in [-0.2, -0.15) is 0 Å². The Morgan fingerprint density at radius 3 is 2.44 bits per heavy atom. The Balaban J connectivity index is 2.71. The zero-order chi connectivity index (χ0) is 13.6. The Kier molecular flexibility index (Phi) is 5.55. The van der Waals surface area contributed by atoms with Gasteiger partial charge >= 0.3 is 5.97 Å². The molecule has 1 fully saturated rings. The van der Waals surface area contributed by atoms with Crippen molar-refractivity contribution < 1.29 is 19.4 Å². The molecule has 0 aromatic heterocycles. The Bertz CT molecular complexity index is 296. The second-order valence-electron chi connectivity index (χ2n) is 4.86. The Morgan fingerprint density at radius 1 is 1.39 bits per heavy atom. The highest BCUT2D eigenvalue weighted by Gasteiger charge is 2.37. The van der Waals surface area contributed by atoms with Gasteiger partial charge in [0.1, 0.15) is 6.10 Å². The summed E-state index contributed by atoms with van der Waals surface area (Å²) in [5.41, 5.74) is 4.80. The summed E-state index contributed by atoms with van der Waals surface area (Å²) in [6, 6.07) is 0. The highest BCUT2D eigenvalue weighted by molar-refractivity contribution is 5.82. The molecule has 1 amide bonds. The summed E-state index contributed by atoms with van der Waals surface area (Å²) in [5, 5.41) is 11.8. The predicted molar refractivity (Wildman–Crippen MR) is 66.1 cm³/mol. The van der Waals surface area contributed by atoms with Gasteiger partial charge in [-0.1, -0.05) is 19.3 Å². The van der Waals surface area contributed by atoms with E-state index in [1.54, 1.807) is 0 Å². The van der Waals surface area contributed by atoms with Crippen molar-refractivity contribution in [2.24, 2.45) is 5.73 Å². The van der Waals surface area contributed by atoms with E-state index in [0.717, 1.165) is 19.3 Å². The zero-order valence-corrected chi connectivity index (χ0v) is 10.8. The van der Waals surface area contributed by atoms with Crippen LogP contribution < -0.4 is 11.1 Å². The van der Waals surface area contributed by atoms with E-state index in [0.29, 0.717) is 12.8 Å². The first-order valence-corrected chi connectivity index (χ1v) is 6.30. The summed E-state index contributed by atoms with van der Waals surface area (Å²) in [4.78, 5) is 22.9.